The molecular formula is C9H5ClF3N3O2. The molecule has 0 amide bonds. The van der Waals surface area contributed by atoms with Crippen LogP contribution in [0.15, 0.2) is 12.1 Å². The molecule has 96 valence electrons. The summed E-state index contributed by atoms with van der Waals surface area (Å²) < 4.78 is 37.4. The maximum atomic E-state index is 12.3. The molecule has 1 heterocycles. The van der Waals surface area contributed by atoms with E-state index in [0.29, 0.717) is 4.68 Å². The van der Waals surface area contributed by atoms with Gasteiger partial charge in [0.2, 0.25) is 0 Å². The Kier molecular flexibility index (Phi) is 2.89. The smallest absolute Gasteiger partial charge is 0.408 e. The third-order valence-electron chi connectivity index (χ3n) is 2.14. The Labute approximate surface area is 103 Å². The van der Waals surface area contributed by atoms with Crippen molar-refractivity contribution in [3.8, 4) is 0 Å². The molecule has 1 N–H and O–H groups in total. The summed E-state index contributed by atoms with van der Waals surface area (Å²) in [6.45, 7) is -1.34. The molecule has 0 atom stereocenters. The van der Waals surface area contributed by atoms with Gasteiger partial charge < -0.3 is 5.11 Å². The molecule has 0 aliphatic rings. The summed E-state index contributed by atoms with van der Waals surface area (Å²) in [5, 5.41) is 15.4. The van der Waals surface area contributed by atoms with Crippen molar-refractivity contribution in [1.82, 2.24) is 15.0 Å². The Morgan fingerprint density at radius 2 is 2.11 bits per heavy atom. The molecule has 1 aromatic carbocycles. The molecule has 2 rings (SSSR count). The second kappa shape index (κ2) is 4.13. The van der Waals surface area contributed by atoms with E-state index in [2.05, 4.69) is 10.3 Å². The largest absolute Gasteiger partial charge is 0.478 e. The minimum absolute atomic E-state index is 0.00384. The number of hydrogen-bond donors (Lipinski definition) is 1. The number of alkyl halides is 3. The molecule has 0 unspecified atom stereocenters. The van der Waals surface area contributed by atoms with Crippen LogP contribution in [-0.4, -0.2) is 32.2 Å². The second-order valence-electron chi connectivity index (χ2n) is 3.49. The number of rotatable bonds is 2. The van der Waals surface area contributed by atoms with Crippen molar-refractivity contribution in [2.75, 3.05) is 0 Å². The molecule has 18 heavy (non-hydrogen) atoms. The van der Waals surface area contributed by atoms with E-state index in [0.717, 1.165) is 12.1 Å². The van der Waals surface area contributed by atoms with Gasteiger partial charge in [-0.3, -0.25) is 0 Å². The van der Waals surface area contributed by atoms with Gasteiger partial charge in [0.1, 0.15) is 17.6 Å². The molecule has 5 nitrogen and oxygen atoms in total. The van der Waals surface area contributed by atoms with Crippen LogP contribution >= 0.6 is 11.6 Å². The van der Waals surface area contributed by atoms with Gasteiger partial charge in [0.05, 0.1) is 10.6 Å². The van der Waals surface area contributed by atoms with E-state index in [1.807, 2.05) is 0 Å². The lowest BCUT2D eigenvalue weighted by Gasteiger charge is -2.07. The number of carboxylic acids is 1. The first-order valence-electron chi connectivity index (χ1n) is 4.61. The standard InChI is InChI=1S/C9H5ClF3N3O2/c10-5-1-4(8(17)18)2-6-7(5)16(15-14-6)3-9(11,12)13/h1-2H,3H2,(H,17,18). The van der Waals surface area contributed by atoms with E-state index >= 15 is 0 Å². The third-order valence-corrected chi connectivity index (χ3v) is 2.43. The summed E-state index contributed by atoms with van der Waals surface area (Å²) in [5.41, 5.74) is -0.199. The highest BCUT2D eigenvalue weighted by Crippen LogP contribution is 2.26. The molecule has 0 saturated carbocycles. The van der Waals surface area contributed by atoms with Crippen LogP contribution in [0, 0.1) is 0 Å². The van der Waals surface area contributed by atoms with E-state index in [9.17, 15) is 18.0 Å². The lowest BCUT2D eigenvalue weighted by Crippen LogP contribution is -2.18. The van der Waals surface area contributed by atoms with Crippen LogP contribution in [0.3, 0.4) is 0 Å². The molecule has 0 aliphatic heterocycles. The van der Waals surface area contributed by atoms with Crippen molar-refractivity contribution in [2.24, 2.45) is 0 Å². The minimum Gasteiger partial charge on any atom is -0.478 e. The van der Waals surface area contributed by atoms with Gasteiger partial charge in [-0.05, 0) is 12.1 Å². The minimum atomic E-state index is -4.46. The number of hydrogen-bond acceptors (Lipinski definition) is 3. The SMILES string of the molecule is O=C(O)c1cc(Cl)c2c(c1)nnn2CC(F)(F)F. The number of halogens is 4. The number of nitrogens with zero attached hydrogens (tertiary/aromatic N) is 3. The van der Waals surface area contributed by atoms with Crippen LogP contribution in [0.5, 0.6) is 0 Å². The summed E-state index contributed by atoms with van der Waals surface area (Å²) >= 11 is 5.75. The highest BCUT2D eigenvalue weighted by Gasteiger charge is 2.30. The van der Waals surface area contributed by atoms with Gasteiger partial charge in [0, 0.05) is 0 Å². The van der Waals surface area contributed by atoms with Crippen molar-refractivity contribution in [1.29, 1.82) is 0 Å². The summed E-state index contributed by atoms with van der Waals surface area (Å²) in [5.74, 6) is -1.25. The zero-order chi connectivity index (χ0) is 13.5. The summed E-state index contributed by atoms with van der Waals surface area (Å²) in [6.07, 6.45) is -4.46. The number of aromatic nitrogens is 3. The maximum absolute atomic E-state index is 12.3. The van der Waals surface area contributed by atoms with Crippen LogP contribution in [0.25, 0.3) is 11.0 Å². The zero-order valence-electron chi connectivity index (χ0n) is 8.57. The van der Waals surface area contributed by atoms with Gasteiger partial charge in [0.25, 0.3) is 0 Å². The monoisotopic (exact) mass is 279 g/mol. The molecule has 0 saturated heterocycles. The van der Waals surface area contributed by atoms with Gasteiger partial charge in [-0.15, -0.1) is 5.10 Å². The third kappa shape index (κ3) is 2.37. The summed E-state index contributed by atoms with van der Waals surface area (Å²) in [6, 6.07) is 2.17. The summed E-state index contributed by atoms with van der Waals surface area (Å²) in [4.78, 5) is 10.7. The Morgan fingerprint density at radius 3 is 2.67 bits per heavy atom. The van der Waals surface area contributed by atoms with Crippen LogP contribution in [0.4, 0.5) is 13.2 Å². The van der Waals surface area contributed by atoms with Crippen LogP contribution < -0.4 is 0 Å². The normalized spacial score (nSPS) is 12.0. The van der Waals surface area contributed by atoms with E-state index in [4.69, 9.17) is 16.7 Å². The van der Waals surface area contributed by atoms with Crippen molar-refractivity contribution >= 4 is 28.6 Å². The van der Waals surface area contributed by atoms with Crippen molar-refractivity contribution in [2.45, 2.75) is 12.7 Å². The quantitative estimate of drug-likeness (QED) is 0.916. The Balaban J connectivity index is 2.57. The van der Waals surface area contributed by atoms with Gasteiger partial charge in [0.15, 0.2) is 0 Å². The average molecular weight is 280 g/mol. The molecule has 0 aliphatic carbocycles. The fraction of sp³-hybridized carbons (Fsp3) is 0.222. The van der Waals surface area contributed by atoms with Crippen molar-refractivity contribution < 1.29 is 23.1 Å². The highest BCUT2D eigenvalue weighted by molar-refractivity contribution is 6.35. The summed E-state index contributed by atoms with van der Waals surface area (Å²) in [7, 11) is 0. The fourth-order valence-corrected chi connectivity index (χ4v) is 1.78. The van der Waals surface area contributed by atoms with Gasteiger partial charge in [-0.2, -0.15) is 13.2 Å². The Morgan fingerprint density at radius 1 is 1.44 bits per heavy atom. The first-order chi connectivity index (χ1) is 8.28. The number of aromatic carboxylic acids is 1. The van der Waals surface area contributed by atoms with Gasteiger partial charge >= 0.3 is 12.1 Å². The van der Waals surface area contributed by atoms with E-state index in [1.165, 1.54) is 0 Å². The maximum Gasteiger partial charge on any atom is 0.408 e. The van der Waals surface area contributed by atoms with Crippen LogP contribution in [0.2, 0.25) is 5.02 Å². The van der Waals surface area contributed by atoms with Gasteiger partial charge in [-0.25, -0.2) is 9.48 Å². The zero-order valence-corrected chi connectivity index (χ0v) is 9.33. The molecule has 9 heteroatoms. The highest BCUT2D eigenvalue weighted by atomic mass is 35.5. The number of benzene rings is 1. The van der Waals surface area contributed by atoms with Gasteiger partial charge in [-0.1, -0.05) is 16.8 Å². The van der Waals surface area contributed by atoms with Crippen LogP contribution in [0.1, 0.15) is 10.4 Å². The van der Waals surface area contributed by atoms with E-state index < -0.39 is 18.7 Å². The molecular weight excluding hydrogens is 275 g/mol. The first kappa shape index (κ1) is 12.6. The second-order valence-corrected chi connectivity index (χ2v) is 3.90. The van der Waals surface area contributed by atoms with Crippen molar-refractivity contribution in [3.63, 3.8) is 0 Å². The molecule has 0 fully saturated rings. The molecule has 0 spiro atoms. The fourth-order valence-electron chi connectivity index (χ4n) is 1.47. The molecule has 0 radical (unpaired) electrons. The van der Waals surface area contributed by atoms with Crippen LogP contribution in [-0.2, 0) is 6.54 Å². The molecule has 0 bridgehead atoms. The molecule has 1 aromatic heterocycles. The lowest BCUT2D eigenvalue weighted by molar-refractivity contribution is -0.142. The van der Waals surface area contributed by atoms with E-state index in [-0.39, 0.29) is 21.6 Å². The predicted octanol–water partition coefficient (Wildman–Crippen LogP) is 2.35. The first-order valence-corrected chi connectivity index (χ1v) is 4.98. The Bertz CT molecular complexity index is 623. The predicted molar refractivity (Wildman–Crippen MR) is 55.6 cm³/mol. The topological polar surface area (TPSA) is 68.0 Å². The number of carboxylic acid groups (broad SMARTS) is 1. The molecule has 2 aromatic rings. The van der Waals surface area contributed by atoms with E-state index in [1.54, 1.807) is 0 Å². The Hall–Kier alpha value is -1.83. The average Bonchev–Trinajstić information content (AvgIpc) is 2.59. The lowest BCUT2D eigenvalue weighted by atomic mass is 10.2. The number of carbonyl (C=O) groups is 1. The number of fused-ring (bicyclic) bond motifs is 1. The van der Waals surface area contributed by atoms with Crippen molar-refractivity contribution in [3.05, 3.63) is 22.7 Å².